The first-order valence-electron chi connectivity index (χ1n) is 9.55. The Morgan fingerprint density at radius 2 is 1.84 bits per heavy atom. The molecule has 11 heteroatoms. The zero-order valence-electron chi connectivity index (χ0n) is 16.2. The Labute approximate surface area is 190 Å². The van der Waals surface area contributed by atoms with Crippen molar-refractivity contribution in [2.24, 2.45) is 5.41 Å². The molecule has 2 aliphatic rings. The monoisotopic (exact) mass is 469 g/mol. The molecule has 2 N–H and O–H groups in total. The third kappa shape index (κ3) is 3.34. The van der Waals surface area contributed by atoms with Crippen LogP contribution in [-0.4, -0.2) is 20.7 Å². The summed E-state index contributed by atoms with van der Waals surface area (Å²) in [4.78, 5) is 37.9. The number of carbonyl (C=O) groups is 1. The number of hydrogen-bond acceptors (Lipinski definition) is 6. The molecular weight excluding hydrogens is 457 g/mol. The number of amides is 1. The molecule has 0 bridgehead atoms. The molecule has 3 aromatic rings. The van der Waals surface area contributed by atoms with E-state index in [0.717, 1.165) is 28.8 Å². The second-order valence-corrected chi connectivity index (χ2v) is 8.52. The minimum Gasteiger partial charge on any atom is -0.454 e. The van der Waals surface area contributed by atoms with E-state index in [1.54, 1.807) is 18.2 Å². The van der Waals surface area contributed by atoms with Crippen molar-refractivity contribution >= 4 is 34.8 Å². The van der Waals surface area contributed by atoms with Crippen LogP contribution in [0.4, 0.5) is 5.69 Å². The Hall–Kier alpha value is -3.61. The van der Waals surface area contributed by atoms with Gasteiger partial charge in [-0.25, -0.2) is 4.79 Å². The molecule has 0 saturated heterocycles. The second kappa shape index (κ2) is 7.22. The Morgan fingerprint density at radius 3 is 2.50 bits per heavy atom. The molecule has 1 saturated carbocycles. The van der Waals surface area contributed by atoms with Crippen molar-refractivity contribution in [3.8, 4) is 23.3 Å². The normalized spacial score (nSPS) is 15.6. The first kappa shape index (κ1) is 20.3. The van der Waals surface area contributed by atoms with Crippen LogP contribution in [0.3, 0.4) is 0 Å². The molecule has 160 valence electrons. The molecule has 5 rings (SSSR count). The van der Waals surface area contributed by atoms with Crippen molar-refractivity contribution in [2.75, 3.05) is 5.32 Å². The van der Waals surface area contributed by atoms with Gasteiger partial charge in [0.2, 0.25) is 11.6 Å². The number of fused-ring (bicyclic) bond motifs is 1. The van der Waals surface area contributed by atoms with Crippen molar-refractivity contribution in [1.82, 2.24) is 14.8 Å². The molecule has 1 aliphatic carbocycles. The third-order valence-electron chi connectivity index (χ3n) is 5.57. The van der Waals surface area contributed by atoms with Gasteiger partial charge in [-0.2, -0.15) is 9.94 Å². The summed E-state index contributed by atoms with van der Waals surface area (Å²) in [6, 6.07) is 9.67. The number of nitriles is 1. The van der Waals surface area contributed by atoms with Gasteiger partial charge in [-0.15, -0.1) is 5.10 Å². The lowest BCUT2D eigenvalue weighted by molar-refractivity contribution is -0.121. The van der Waals surface area contributed by atoms with Crippen LogP contribution in [-0.2, 0) is 11.2 Å². The predicted molar refractivity (Wildman–Crippen MR) is 116 cm³/mol. The molecule has 0 unspecified atom stereocenters. The van der Waals surface area contributed by atoms with Crippen LogP contribution in [0.15, 0.2) is 39.9 Å². The van der Waals surface area contributed by atoms with E-state index in [0.29, 0.717) is 12.2 Å². The number of H-pyrrole nitrogens is 1. The summed E-state index contributed by atoms with van der Waals surface area (Å²) in [5.41, 5.74) is -0.647. The van der Waals surface area contributed by atoms with Crippen molar-refractivity contribution in [3.63, 3.8) is 0 Å². The van der Waals surface area contributed by atoms with Gasteiger partial charge in [0.25, 0.3) is 5.56 Å². The van der Waals surface area contributed by atoms with Crippen LogP contribution in [0.5, 0.6) is 11.5 Å². The summed E-state index contributed by atoms with van der Waals surface area (Å²) in [5.74, 6) is 0.709. The Bertz CT molecular complexity index is 1440. The zero-order chi connectivity index (χ0) is 22.6. The number of aromatic amines is 1. The predicted octanol–water partition coefficient (Wildman–Crippen LogP) is 3.17. The van der Waals surface area contributed by atoms with Gasteiger partial charge in [0.05, 0.1) is 21.1 Å². The van der Waals surface area contributed by atoms with Gasteiger partial charge in [-0.3, -0.25) is 14.6 Å². The lowest BCUT2D eigenvalue weighted by atomic mass is 9.90. The molecule has 0 radical (unpaired) electrons. The maximum atomic E-state index is 12.2. The number of nitrogens with one attached hydrogen (secondary N) is 2. The number of benzene rings is 2. The highest BCUT2D eigenvalue weighted by Crippen LogP contribution is 2.53. The smallest absolute Gasteiger partial charge is 0.349 e. The van der Waals surface area contributed by atoms with Crippen LogP contribution in [0.1, 0.15) is 24.1 Å². The van der Waals surface area contributed by atoms with E-state index < -0.39 is 16.9 Å². The number of carbonyl (C=O) groups excluding carboxylic acids is 1. The topological polar surface area (TPSA) is 130 Å². The molecule has 2 heterocycles. The lowest BCUT2D eigenvalue weighted by Gasteiger charge is -2.24. The fourth-order valence-electron chi connectivity index (χ4n) is 3.69. The molecule has 1 amide bonds. The number of halogens is 2. The highest BCUT2D eigenvalue weighted by Gasteiger charge is 2.52. The van der Waals surface area contributed by atoms with Gasteiger partial charge >= 0.3 is 5.69 Å². The van der Waals surface area contributed by atoms with Crippen LogP contribution in [0.25, 0.3) is 5.69 Å². The van der Waals surface area contributed by atoms with E-state index >= 15 is 0 Å². The maximum Gasteiger partial charge on any atom is 0.349 e. The highest BCUT2D eigenvalue weighted by molar-refractivity contribution is 6.37. The van der Waals surface area contributed by atoms with E-state index in [4.69, 9.17) is 33.2 Å². The maximum absolute atomic E-state index is 12.2. The molecule has 32 heavy (non-hydrogen) atoms. The summed E-state index contributed by atoms with van der Waals surface area (Å²) in [7, 11) is 0. The summed E-state index contributed by atoms with van der Waals surface area (Å²) < 4.78 is 6.73. The quantitative estimate of drug-likeness (QED) is 0.605. The van der Waals surface area contributed by atoms with Gasteiger partial charge in [0.15, 0.2) is 5.75 Å². The number of nitrogens with zero attached hydrogens (tertiary/aromatic N) is 3. The Balaban J connectivity index is 1.48. The molecule has 2 aromatic carbocycles. The van der Waals surface area contributed by atoms with Crippen LogP contribution >= 0.6 is 23.2 Å². The SMILES string of the molecule is N#Cc1nn(-c2cc(Cl)c(Oc3ccc4c(c3)CC3(CC3)C(=O)N4)c(Cl)c2)c(=O)[nH]c1=O. The van der Waals surface area contributed by atoms with E-state index in [-0.39, 0.29) is 32.8 Å². The third-order valence-corrected chi connectivity index (χ3v) is 6.13. The van der Waals surface area contributed by atoms with Crippen molar-refractivity contribution in [3.05, 3.63) is 72.5 Å². The number of hydrogen-bond donors (Lipinski definition) is 2. The van der Waals surface area contributed by atoms with E-state index in [1.807, 2.05) is 11.1 Å². The number of rotatable bonds is 3. The highest BCUT2D eigenvalue weighted by atomic mass is 35.5. The van der Waals surface area contributed by atoms with Crippen LogP contribution < -0.4 is 21.3 Å². The van der Waals surface area contributed by atoms with Crippen molar-refractivity contribution in [2.45, 2.75) is 19.3 Å². The van der Waals surface area contributed by atoms with Crippen LogP contribution in [0, 0.1) is 16.7 Å². The fraction of sp³-hybridized carbons (Fsp3) is 0.190. The minimum atomic E-state index is -0.887. The van der Waals surface area contributed by atoms with Gasteiger partial charge in [0, 0.05) is 5.69 Å². The average Bonchev–Trinajstić information content (AvgIpc) is 3.52. The fourth-order valence-corrected chi connectivity index (χ4v) is 4.24. The molecule has 1 aromatic heterocycles. The second-order valence-electron chi connectivity index (χ2n) is 7.70. The molecule has 0 atom stereocenters. The largest absolute Gasteiger partial charge is 0.454 e. The standard InChI is InChI=1S/C21H13Cl2N5O4/c22-13-6-11(28-20(31)26-18(29)16(9-24)27-28)7-14(23)17(13)32-12-1-2-15-10(5-12)8-21(3-4-21)19(30)25-15/h1-2,5-7H,3-4,8H2,(H,25,30)(H,26,29,31). The summed E-state index contributed by atoms with van der Waals surface area (Å²) in [6.07, 6.45) is 2.39. The molecule has 1 fully saturated rings. The Kier molecular flexibility index (Phi) is 4.58. The van der Waals surface area contributed by atoms with Gasteiger partial charge in [0.1, 0.15) is 11.8 Å². The average molecular weight is 470 g/mol. The lowest BCUT2D eigenvalue weighted by Crippen LogP contribution is -2.33. The molecule has 9 nitrogen and oxygen atoms in total. The van der Waals surface area contributed by atoms with Gasteiger partial charge in [-0.1, -0.05) is 23.2 Å². The summed E-state index contributed by atoms with van der Waals surface area (Å²) in [5, 5.41) is 15.8. The van der Waals surface area contributed by atoms with E-state index in [9.17, 15) is 14.4 Å². The number of aromatic nitrogens is 3. The first-order chi connectivity index (χ1) is 15.3. The van der Waals surface area contributed by atoms with Crippen molar-refractivity contribution < 1.29 is 9.53 Å². The van der Waals surface area contributed by atoms with Gasteiger partial charge in [-0.05, 0) is 55.2 Å². The van der Waals surface area contributed by atoms with Gasteiger partial charge < -0.3 is 10.1 Å². The van der Waals surface area contributed by atoms with Crippen molar-refractivity contribution in [1.29, 1.82) is 5.26 Å². The first-order valence-corrected chi connectivity index (χ1v) is 10.3. The van der Waals surface area contributed by atoms with Crippen LogP contribution in [0.2, 0.25) is 10.0 Å². The summed E-state index contributed by atoms with van der Waals surface area (Å²) in [6.45, 7) is 0. The summed E-state index contributed by atoms with van der Waals surface area (Å²) >= 11 is 12.7. The zero-order valence-corrected chi connectivity index (χ0v) is 17.8. The Morgan fingerprint density at radius 1 is 1.12 bits per heavy atom. The minimum absolute atomic E-state index is 0.0611. The molecular formula is C21H13Cl2N5O4. The van der Waals surface area contributed by atoms with E-state index in [1.165, 1.54) is 12.1 Å². The molecule has 1 spiro atoms. The number of ether oxygens (including phenoxy) is 1. The molecule has 1 aliphatic heterocycles. The van der Waals surface area contributed by atoms with E-state index in [2.05, 4.69) is 10.4 Å². The number of anilines is 1.